The van der Waals surface area contributed by atoms with E-state index >= 15 is 0 Å². The average Bonchev–Trinajstić information content (AvgIpc) is 2.47. The van der Waals surface area contributed by atoms with Gasteiger partial charge in [-0.2, -0.15) is 11.8 Å². The number of nitrogens with two attached hydrogens (primary N) is 1. The maximum Gasteiger partial charge on any atom is 0.323 e. The molecule has 0 saturated heterocycles. The highest BCUT2D eigenvalue weighted by Gasteiger charge is 2.17. The van der Waals surface area contributed by atoms with E-state index in [9.17, 15) is 4.79 Å². The molecule has 0 spiro atoms. The van der Waals surface area contributed by atoms with Crippen LogP contribution >= 0.6 is 27.7 Å². The predicted molar refractivity (Wildman–Crippen MR) is 85.9 cm³/mol. The third-order valence-electron chi connectivity index (χ3n) is 2.86. The van der Waals surface area contributed by atoms with Crippen molar-refractivity contribution >= 4 is 33.7 Å². The summed E-state index contributed by atoms with van der Waals surface area (Å²) in [5.74, 6) is 2.40. The van der Waals surface area contributed by atoms with Crippen molar-refractivity contribution in [3.8, 4) is 11.5 Å². The van der Waals surface area contributed by atoms with Gasteiger partial charge in [0.2, 0.25) is 0 Å². The van der Waals surface area contributed by atoms with E-state index in [0.29, 0.717) is 25.6 Å². The van der Waals surface area contributed by atoms with Crippen LogP contribution in [0.25, 0.3) is 0 Å². The monoisotopic (exact) mass is 375 g/mol. The van der Waals surface area contributed by atoms with Crippen LogP contribution in [0.15, 0.2) is 16.6 Å². The summed E-state index contributed by atoms with van der Waals surface area (Å²) in [6.07, 6.45) is 0. The number of hydrogen-bond donors (Lipinski definition) is 1. The zero-order valence-electron chi connectivity index (χ0n) is 11.8. The molecule has 5 nitrogen and oxygen atoms in total. The molecular formula is C14H18BrNO4S. The highest BCUT2D eigenvalue weighted by atomic mass is 79.9. The highest BCUT2D eigenvalue weighted by Crippen LogP contribution is 2.36. The van der Waals surface area contributed by atoms with Crippen molar-refractivity contribution < 1.29 is 19.0 Å². The van der Waals surface area contributed by atoms with Crippen molar-refractivity contribution in [2.75, 3.05) is 25.6 Å². The number of carbonyl (C=O) groups excluding carboxylic acids is 1. The molecule has 2 rings (SSSR count). The van der Waals surface area contributed by atoms with Gasteiger partial charge in [0.15, 0.2) is 11.5 Å². The molecule has 0 amide bonds. The van der Waals surface area contributed by atoms with E-state index in [0.717, 1.165) is 27.3 Å². The second-order valence-corrected chi connectivity index (χ2v) is 6.35. The molecule has 1 aliphatic rings. The lowest BCUT2D eigenvalue weighted by atomic mass is 10.2. The van der Waals surface area contributed by atoms with Crippen LogP contribution in [0.4, 0.5) is 0 Å². The molecule has 1 aromatic rings. The lowest BCUT2D eigenvalue weighted by Crippen LogP contribution is -2.34. The number of thioether (sulfide) groups is 1. The van der Waals surface area contributed by atoms with Gasteiger partial charge in [-0.1, -0.05) is 15.9 Å². The molecule has 0 aromatic heterocycles. The number of benzene rings is 1. The molecule has 1 atom stereocenters. The van der Waals surface area contributed by atoms with E-state index in [1.165, 1.54) is 0 Å². The van der Waals surface area contributed by atoms with Crippen LogP contribution < -0.4 is 15.2 Å². The van der Waals surface area contributed by atoms with Crippen LogP contribution in [0.3, 0.4) is 0 Å². The molecule has 2 N–H and O–H groups in total. The summed E-state index contributed by atoms with van der Waals surface area (Å²) in [5, 5.41) is 0. The summed E-state index contributed by atoms with van der Waals surface area (Å²) in [4.78, 5) is 11.4. The standard InChI is InChI=1S/C14H18BrNO4S/c1-2-18-14(17)11(16)8-21-7-9-5-12-13(6-10(9)15)20-4-3-19-12/h5-6,11H,2-4,7-8,16H2,1H3. The molecule has 1 unspecified atom stereocenters. The largest absolute Gasteiger partial charge is 0.486 e. The Morgan fingerprint density at radius 2 is 2.10 bits per heavy atom. The number of fused-ring (bicyclic) bond motifs is 1. The lowest BCUT2D eigenvalue weighted by molar-refractivity contribution is -0.144. The van der Waals surface area contributed by atoms with Gasteiger partial charge in [-0.3, -0.25) is 4.79 Å². The Balaban J connectivity index is 1.90. The first kappa shape index (κ1) is 16.5. The Morgan fingerprint density at radius 3 is 2.76 bits per heavy atom. The van der Waals surface area contributed by atoms with Crippen molar-refractivity contribution in [1.82, 2.24) is 0 Å². The van der Waals surface area contributed by atoms with Gasteiger partial charge in [0.05, 0.1) is 6.61 Å². The Bertz CT molecular complexity index is 512. The fourth-order valence-corrected chi connectivity index (χ4v) is 3.44. The van der Waals surface area contributed by atoms with E-state index < -0.39 is 6.04 Å². The van der Waals surface area contributed by atoms with Crippen molar-refractivity contribution in [3.63, 3.8) is 0 Å². The summed E-state index contributed by atoms with van der Waals surface area (Å²) >= 11 is 5.11. The first-order chi connectivity index (χ1) is 10.1. The number of esters is 1. The number of ether oxygens (including phenoxy) is 3. The third kappa shape index (κ3) is 4.52. The first-order valence-corrected chi connectivity index (χ1v) is 8.64. The minimum absolute atomic E-state index is 0.352. The molecule has 0 bridgehead atoms. The zero-order chi connectivity index (χ0) is 15.2. The van der Waals surface area contributed by atoms with Gasteiger partial charge < -0.3 is 19.9 Å². The summed E-state index contributed by atoms with van der Waals surface area (Å²) in [7, 11) is 0. The predicted octanol–water partition coefficient (Wildman–Crippen LogP) is 2.34. The summed E-state index contributed by atoms with van der Waals surface area (Å²) in [5.41, 5.74) is 6.85. The fourth-order valence-electron chi connectivity index (χ4n) is 1.83. The molecule has 0 fully saturated rings. The number of hydrogen-bond acceptors (Lipinski definition) is 6. The van der Waals surface area contributed by atoms with Crippen molar-refractivity contribution in [2.45, 2.75) is 18.7 Å². The van der Waals surface area contributed by atoms with Gasteiger partial charge >= 0.3 is 5.97 Å². The molecule has 0 aliphatic carbocycles. The number of carbonyl (C=O) groups is 1. The maximum atomic E-state index is 11.4. The molecule has 1 aromatic carbocycles. The summed E-state index contributed by atoms with van der Waals surface area (Å²) in [6.45, 7) is 3.26. The van der Waals surface area contributed by atoms with Gasteiger partial charge in [0.1, 0.15) is 19.3 Å². The Morgan fingerprint density at radius 1 is 1.43 bits per heavy atom. The maximum absolute atomic E-state index is 11.4. The summed E-state index contributed by atoms with van der Waals surface area (Å²) in [6, 6.07) is 3.28. The quantitative estimate of drug-likeness (QED) is 0.769. The van der Waals surface area contributed by atoms with Crippen LogP contribution in [0.1, 0.15) is 12.5 Å². The molecule has 0 saturated carbocycles. The molecular weight excluding hydrogens is 358 g/mol. The SMILES string of the molecule is CCOC(=O)C(N)CSCc1cc2c(cc1Br)OCCO2. The second-order valence-electron chi connectivity index (χ2n) is 4.46. The second kappa shape index (κ2) is 7.91. The van der Waals surface area contributed by atoms with E-state index in [2.05, 4.69) is 15.9 Å². The van der Waals surface area contributed by atoms with Crippen LogP contribution in [-0.2, 0) is 15.3 Å². The van der Waals surface area contributed by atoms with Gasteiger partial charge in [-0.15, -0.1) is 0 Å². The number of rotatable bonds is 6. The molecule has 21 heavy (non-hydrogen) atoms. The molecule has 7 heteroatoms. The normalized spacial score (nSPS) is 14.6. The fraction of sp³-hybridized carbons (Fsp3) is 0.500. The Hall–Kier alpha value is -0.920. The van der Waals surface area contributed by atoms with Gasteiger partial charge in [0.25, 0.3) is 0 Å². The molecule has 1 aliphatic heterocycles. The Labute approximate surface area is 136 Å². The highest BCUT2D eigenvalue weighted by molar-refractivity contribution is 9.10. The zero-order valence-corrected chi connectivity index (χ0v) is 14.2. The minimum Gasteiger partial charge on any atom is -0.486 e. The molecule has 1 heterocycles. The van der Waals surface area contributed by atoms with E-state index in [1.54, 1.807) is 18.7 Å². The van der Waals surface area contributed by atoms with Gasteiger partial charge in [0, 0.05) is 16.0 Å². The van der Waals surface area contributed by atoms with E-state index in [4.69, 9.17) is 19.9 Å². The van der Waals surface area contributed by atoms with Gasteiger partial charge in [-0.25, -0.2) is 0 Å². The minimum atomic E-state index is -0.592. The molecule has 0 radical (unpaired) electrons. The van der Waals surface area contributed by atoms with Crippen molar-refractivity contribution in [2.24, 2.45) is 5.73 Å². The van der Waals surface area contributed by atoms with Gasteiger partial charge in [-0.05, 0) is 24.6 Å². The Kier molecular flexibility index (Phi) is 6.20. The first-order valence-electron chi connectivity index (χ1n) is 6.69. The van der Waals surface area contributed by atoms with E-state index in [1.807, 2.05) is 12.1 Å². The van der Waals surface area contributed by atoms with Crippen molar-refractivity contribution in [1.29, 1.82) is 0 Å². The van der Waals surface area contributed by atoms with Crippen LogP contribution in [0, 0.1) is 0 Å². The summed E-state index contributed by atoms with van der Waals surface area (Å²) < 4.78 is 16.9. The average molecular weight is 376 g/mol. The number of halogens is 1. The van der Waals surface area contributed by atoms with Crippen LogP contribution in [0.2, 0.25) is 0 Å². The van der Waals surface area contributed by atoms with Crippen molar-refractivity contribution in [3.05, 3.63) is 22.2 Å². The third-order valence-corrected chi connectivity index (χ3v) is 4.70. The van der Waals surface area contributed by atoms with E-state index in [-0.39, 0.29) is 5.97 Å². The lowest BCUT2D eigenvalue weighted by Gasteiger charge is -2.20. The molecule has 116 valence electrons. The smallest absolute Gasteiger partial charge is 0.323 e. The van der Waals surface area contributed by atoms with Crippen LogP contribution in [0.5, 0.6) is 11.5 Å². The van der Waals surface area contributed by atoms with Crippen LogP contribution in [-0.4, -0.2) is 37.6 Å². The topological polar surface area (TPSA) is 70.8 Å².